The van der Waals surface area contributed by atoms with Crippen molar-refractivity contribution in [1.82, 2.24) is 10.2 Å². The lowest BCUT2D eigenvalue weighted by atomic mass is 9.96. The zero-order valence-electron chi connectivity index (χ0n) is 6.04. The van der Waals surface area contributed by atoms with E-state index < -0.39 is 0 Å². The monoisotopic (exact) mass is 151 g/mol. The van der Waals surface area contributed by atoms with Gasteiger partial charge < -0.3 is 5.21 Å². The summed E-state index contributed by atoms with van der Waals surface area (Å²) >= 11 is 0. The van der Waals surface area contributed by atoms with E-state index in [4.69, 9.17) is 5.21 Å². The molecule has 4 heteroatoms. The van der Waals surface area contributed by atoms with Gasteiger partial charge in [0.1, 0.15) is 0 Å². The Morgan fingerprint density at radius 1 is 1.55 bits per heavy atom. The molecule has 0 amide bonds. The summed E-state index contributed by atoms with van der Waals surface area (Å²) in [6.07, 6.45) is 4.61. The lowest BCUT2D eigenvalue weighted by Crippen LogP contribution is -2.10. The molecular weight excluding hydrogens is 142 g/mol. The summed E-state index contributed by atoms with van der Waals surface area (Å²) in [5.41, 5.74) is 2.81. The van der Waals surface area contributed by atoms with Crippen LogP contribution in [0, 0.1) is 0 Å². The molecular formula is C7H9N3O. The fourth-order valence-corrected chi connectivity index (χ4v) is 1.42. The highest BCUT2D eigenvalue weighted by Crippen LogP contribution is 2.18. The summed E-state index contributed by atoms with van der Waals surface area (Å²) in [6, 6.07) is 0. The molecule has 58 valence electrons. The van der Waals surface area contributed by atoms with E-state index in [1.165, 1.54) is 0 Å². The minimum absolute atomic E-state index is 0.750. The van der Waals surface area contributed by atoms with Crippen LogP contribution >= 0.6 is 0 Å². The van der Waals surface area contributed by atoms with E-state index in [1.54, 1.807) is 6.20 Å². The Labute approximate surface area is 63.9 Å². The van der Waals surface area contributed by atoms with E-state index in [1.807, 2.05) is 0 Å². The average Bonchev–Trinajstić information content (AvgIpc) is 2.50. The van der Waals surface area contributed by atoms with Gasteiger partial charge in [0.2, 0.25) is 0 Å². The van der Waals surface area contributed by atoms with Crippen LogP contribution < -0.4 is 0 Å². The SMILES string of the molecule is ON=C1CCCc2[nH]ncc21. The van der Waals surface area contributed by atoms with Crippen LogP contribution in [0.2, 0.25) is 0 Å². The van der Waals surface area contributed by atoms with Crippen LogP contribution in [0.3, 0.4) is 0 Å². The van der Waals surface area contributed by atoms with Gasteiger partial charge in [0.15, 0.2) is 0 Å². The number of aryl methyl sites for hydroxylation is 1. The lowest BCUT2D eigenvalue weighted by Gasteiger charge is -2.10. The predicted molar refractivity (Wildman–Crippen MR) is 39.8 cm³/mol. The number of aromatic amines is 1. The summed E-state index contributed by atoms with van der Waals surface area (Å²) in [7, 11) is 0. The number of nitrogens with zero attached hydrogens (tertiary/aromatic N) is 2. The van der Waals surface area contributed by atoms with Crippen LogP contribution in [0.25, 0.3) is 0 Å². The average molecular weight is 151 g/mol. The van der Waals surface area contributed by atoms with Gasteiger partial charge in [-0.15, -0.1) is 0 Å². The molecule has 0 saturated carbocycles. The van der Waals surface area contributed by atoms with Crippen LogP contribution in [-0.2, 0) is 6.42 Å². The number of rotatable bonds is 0. The van der Waals surface area contributed by atoms with Crippen molar-refractivity contribution in [3.63, 3.8) is 0 Å². The van der Waals surface area contributed by atoms with Gasteiger partial charge in [-0.3, -0.25) is 5.10 Å². The minimum atomic E-state index is 0.750. The molecule has 11 heavy (non-hydrogen) atoms. The van der Waals surface area contributed by atoms with Crippen molar-refractivity contribution >= 4 is 5.71 Å². The molecule has 2 rings (SSSR count). The first kappa shape index (κ1) is 6.39. The van der Waals surface area contributed by atoms with Crippen molar-refractivity contribution in [1.29, 1.82) is 0 Å². The molecule has 0 saturated heterocycles. The first-order valence-electron chi connectivity index (χ1n) is 3.65. The number of fused-ring (bicyclic) bond motifs is 1. The van der Waals surface area contributed by atoms with Crippen molar-refractivity contribution in [2.45, 2.75) is 19.3 Å². The fourth-order valence-electron chi connectivity index (χ4n) is 1.42. The summed E-state index contributed by atoms with van der Waals surface area (Å²) < 4.78 is 0. The van der Waals surface area contributed by atoms with Crippen LogP contribution in [-0.4, -0.2) is 21.1 Å². The fraction of sp³-hybridized carbons (Fsp3) is 0.429. The summed E-state index contributed by atoms with van der Waals surface area (Å²) in [6.45, 7) is 0. The van der Waals surface area contributed by atoms with Gasteiger partial charge in [0.05, 0.1) is 11.9 Å². The first-order chi connectivity index (χ1) is 5.42. The van der Waals surface area contributed by atoms with Crippen molar-refractivity contribution in [2.75, 3.05) is 0 Å². The molecule has 1 aliphatic carbocycles. The maximum Gasteiger partial charge on any atom is 0.0902 e. The highest BCUT2D eigenvalue weighted by Gasteiger charge is 2.16. The Balaban J connectivity index is 2.48. The molecule has 1 heterocycles. The Bertz CT molecular complexity index is 290. The first-order valence-corrected chi connectivity index (χ1v) is 3.65. The molecule has 0 unspecified atom stereocenters. The van der Waals surface area contributed by atoms with E-state index in [0.717, 1.165) is 36.2 Å². The van der Waals surface area contributed by atoms with Gasteiger partial charge >= 0.3 is 0 Å². The normalized spacial score (nSPS) is 20.2. The van der Waals surface area contributed by atoms with Gasteiger partial charge in [0.25, 0.3) is 0 Å². The molecule has 1 aromatic heterocycles. The second-order valence-corrected chi connectivity index (χ2v) is 2.66. The zero-order chi connectivity index (χ0) is 7.68. The van der Waals surface area contributed by atoms with Crippen molar-refractivity contribution in [3.05, 3.63) is 17.5 Å². The van der Waals surface area contributed by atoms with E-state index in [-0.39, 0.29) is 0 Å². The molecule has 0 fully saturated rings. The van der Waals surface area contributed by atoms with Gasteiger partial charge in [-0.05, 0) is 19.3 Å². The van der Waals surface area contributed by atoms with Crippen LogP contribution in [0.1, 0.15) is 24.1 Å². The van der Waals surface area contributed by atoms with Crippen LogP contribution in [0.5, 0.6) is 0 Å². The zero-order valence-corrected chi connectivity index (χ0v) is 6.04. The lowest BCUT2D eigenvalue weighted by molar-refractivity contribution is 0.317. The Morgan fingerprint density at radius 2 is 2.45 bits per heavy atom. The number of aromatic nitrogens is 2. The predicted octanol–water partition coefficient (Wildman–Crippen LogP) is 0.924. The molecule has 0 spiro atoms. The summed E-state index contributed by atoms with van der Waals surface area (Å²) in [5, 5.41) is 18.6. The molecule has 4 nitrogen and oxygen atoms in total. The highest BCUT2D eigenvalue weighted by molar-refractivity contribution is 6.01. The Kier molecular flexibility index (Phi) is 1.38. The number of H-pyrrole nitrogens is 1. The molecule has 0 aliphatic heterocycles. The summed E-state index contributed by atoms with van der Waals surface area (Å²) in [4.78, 5) is 0. The van der Waals surface area contributed by atoms with E-state index >= 15 is 0 Å². The number of nitrogens with one attached hydrogen (secondary N) is 1. The third kappa shape index (κ3) is 0.906. The van der Waals surface area contributed by atoms with E-state index in [0.29, 0.717) is 0 Å². The maximum absolute atomic E-state index is 8.60. The quantitative estimate of drug-likeness (QED) is 0.428. The van der Waals surface area contributed by atoms with Gasteiger partial charge in [-0.25, -0.2) is 0 Å². The second-order valence-electron chi connectivity index (χ2n) is 2.66. The molecule has 0 bridgehead atoms. The Hall–Kier alpha value is -1.32. The smallest absolute Gasteiger partial charge is 0.0902 e. The largest absolute Gasteiger partial charge is 0.411 e. The molecule has 0 atom stereocenters. The summed E-state index contributed by atoms with van der Waals surface area (Å²) in [5.74, 6) is 0. The van der Waals surface area contributed by atoms with E-state index in [2.05, 4.69) is 15.4 Å². The third-order valence-corrected chi connectivity index (χ3v) is 1.99. The molecule has 1 aromatic rings. The van der Waals surface area contributed by atoms with Crippen LogP contribution in [0.4, 0.5) is 0 Å². The molecule has 0 aromatic carbocycles. The maximum atomic E-state index is 8.60. The van der Waals surface area contributed by atoms with Crippen molar-refractivity contribution < 1.29 is 5.21 Å². The molecule has 2 N–H and O–H groups in total. The second kappa shape index (κ2) is 2.38. The van der Waals surface area contributed by atoms with Gasteiger partial charge in [-0.2, -0.15) is 5.10 Å². The topological polar surface area (TPSA) is 61.3 Å². The van der Waals surface area contributed by atoms with E-state index in [9.17, 15) is 0 Å². The highest BCUT2D eigenvalue weighted by atomic mass is 16.4. The van der Waals surface area contributed by atoms with Gasteiger partial charge in [-0.1, -0.05) is 5.16 Å². The standard InChI is InChI=1S/C7H9N3O/c11-10-7-3-1-2-6-5(7)4-8-9-6/h4,11H,1-3H2,(H,8,9). The minimum Gasteiger partial charge on any atom is -0.411 e. The third-order valence-electron chi connectivity index (χ3n) is 1.99. The van der Waals surface area contributed by atoms with Crippen LogP contribution in [0.15, 0.2) is 11.4 Å². The number of hydrogen-bond acceptors (Lipinski definition) is 3. The Morgan fingerprint density at radius 3 is 3.27 bits per heavy atom. The molecule has 0 radical (unpaired) electrons. The van der Waals surface area contributed by atoms with Crippen molar-refractivity contribution in [3.8, 4) is 0 Å². The van der Waals surface area contributed by atoms with Crippen molar-refractivity contribution in [2.24, 2.45) is 5.16 Å². The molecule has 1 aliphatic rings. The number of oxime groups is 1. The van der Waals surface area contributed by atoms with Gasteiger partial charge in [0, 0.05) is 11.3 Å². The number of hydrogen-bond donors (Lipinski definition) is 2.